The highest BCUT2D eigenvalue weighted by Crippen LogP contribution is 2.24. The van der Waals surface area contributed by atoms with Crippen LogP contribution in [0, 0.1) is 0 Å². The molecule has 5 heteroatoms. The summed E-state index contributed by atoms with van der Waals surface area (Å²) in [5.41, 5.74) is 4.11. The van der Waals surface area contributed by atoms with E-state index in [9.17, 15) is 9.59 Å². The molecule has 0 aliphatic heterocycles. The predicted octanol–water partition coefficient (Wildman–Crippen LogP) is 3.38. The van der Waals surface area contributed by atoms with Crippen LogP contribution in [-0.4, -0.2) is 25.6 Å². The molecule has 5 nitrogen and oxygen atoms in total. The molecule has 0 bridgehead atoms. The molecule has 3 rings (SSSR count). The van der Waals surface area contributed by atoms with Crippen LogP contribution >= 0.6 is 0 Å². The first-order valence-electron chi connectivity index (χ1n) is 8.55. The van der Waals surface area contributed by atoms with Crippen LogP contribution in [0.3, 0.4) is 0 Å². The minimum atomic E-state index is -0.583. The van der Waals surface area contributed by atoms with E-state index in [2.05, 4.69) is 5.32 Å². The largest absolute Gasteiger partial charge is 0.496 e. The van der Waals surface area contributed by atoms with Crippen LogP contribution in [0.25, 0.3) is 6.08 Å². The number of aryl methyl sites for hydroxylation is 2. The average Bonchev–Trinajstić information content (AvgIpc) is 3.12. The fourth-order valence-corrected chi connectivity index (χ4v) is 2.99. The second-order valence-corrected chi connectivity index (χ2v) is 6.07. The van der Waals surface area contributed by atoms with Crippen molar-refractivity contribution in [1.29, 1.82) is 0 Å². The lowest BCUT2D eigenvalue weighted by Crippen LogP contribution is -2.20. The standard InChI is InChI=1S/C21H21NO4/c1-25-19-8-3-2-5-16(19)10-12-21(24)26-14-20(23)22-18-11-9-15-6-4-7-17(15)13-18/h2-3,5,8-13H,4,6-7,14H2,1H3,(H,22,23)/b12-10+. The molecule has 0 spiro atoms. The Morgan fingerprint density at radius 2 is 1.92 bits per heavy atom. The highest BCUT2D eigenvalue weighted by molar-refractivity contribution is 5.94. The van der Waals surface area contributed by atoms with E-state index >= 15 is 0 Å². The quantitative estimate of drug-likeness (QED) is 0.640. The average molecular weight is 351 g/mol. The van der Waals surface area contributed by atoms with E-state index in [1.54, 1.807) is 19.3 Å². The molecular weight excluding hydrogens is 330 g/mol. The lowest BCUT2D eigenvalue weighted by molar-refractivity contribution is -0.142. The van der Waals surface area contributed by atoms with Crippen molar-refractivity contribution >= 4 is 23.6 Å². The molecule has 0 atom stereocenters. The number of amides is 1. The maximum Gasteiger partial charge on any atom is 0.331 e. The third-order valence-corrected chi connectivity index (χ3v) is 4.27. The van der Waals surface area contributed by atoms with Crippen LogP contribution in [0.15, 0.2) is 48.5 Å². The molecular formula is C21H21NO4. The number of carbonyl (C=O) groups is 2. The van der Waals surface area contributed by atoms with Gasteiger partial charge in [0.05, 0.1) is 7.11 Å². The lowest BCUT2D eigenvalue weighted by Gasteiger charge is -2.07. The fourth-order valence-electron chi connectivity index (χ4n) is 2.99. The number of hydrogen-bond donors (Lipinski definition) is 1. The van der Waals surface area contributed by atoms with Crippen LogP contribution in [0.2, 0.25) is 0 Å². The predicted molar refractivity (Wildman–Crippen MR) is 100 cm³/mol. The molecule has 2 aromatic rings. The van der Waals surface area contributed by atoms with E-state index in [1.165, 1.54) is 17.2 Å². The zero-order valence-corrected chi connectivity index (χ0v) is 14.7. The number of para-hydroxylation sites is 1. The van der Waals surface area contributed by atoms with Gasteiger partial charge < -0.3 is 14.8 Å². The van der Waals surface area contributed by atoms with Crippen molar-refractivity contribution in [3.05, 3.63) is 65.2 Å². The number of rotatable bonds is 6. The van der Waals surface area contributed by atoms with Crippen LogP contribution < -0.4 is 10.1 Å². The van der Waals surface area contributed by atoms with Gasteiger partial charge in [-0.3, -0.25) is 4.79 Å². The summed E-state index contributed by atoms with van der Waals surface area (Å²) in [6, 6.07) is 13.2. The van der Waals surface area contributed by atoms with Gasteiger partial charge in [0, 0.05) is 17.3 Å². The number of benzene rings is 2. The fraction of sp³-hybridized carbons (Fsp3) is 0.238. The molecule has 1 N–H and O–H groups in total. The van der Waals surface area contributed by atoms with Crippen LogP contribution in [0.5, 0.6) is 5.75 Å². The maximum absolute atomic E-state index is 12.0. The van der Waals surface area contributed by atoms with Gasteiger partial charge >= 0.3 is 5.97 Å². The van der Waals surface area contributed by atoms with E-state index < -0.39 is 5.97 Å². The van der Waals surface area contributed by atoms with E-state index in [0.29, 0.717) is 5.75 Å². The third-order valence-electron chi connectivity index (χ3n) is 4.27. The van der Waals surface area contributed by atoms with Gasteiger partial charge in [-0.25, -0.2) is 4.79 Å². The molecule has 134 valence electrons. The van der Waals surface area contributed by atoms with E-state index in [0.717, 1.165) is 30.5 Å². The van der Waals surface area contributed by atoms with Crippen LogP contribution in [0.1, 0.15) is 23.1 Å². The molecule has 0 saturated heterocycles. The van der Waals surface area contributed by atoms with E-state index in [4.69, 9.17) is 9.47 Å². The van der Waals surface area contributed by atoms with Gasteiger partial charge in [0.1, 0.15) is 5.75 Å². The van der Waals surface area contributed by atoms with Gasteiger partial charge in [-0.15, -0.1) is 0 Å². The summed E-state index contributed by atoms with van der Waals surface area (Å²) >= 11 is 0. The Morgan fingerprint density at radius 3 is 2.77 bits per heavy atom. The topological polar surface area (TPSA) is 64.6 Å². The Labute approximate surface area is 152 Å². The van der Waals surface area contributed by atoms with Gasteiger partial charge in [-0.1, -0.05) is 24.3 Å². The summed E-state index contributed by atoms with van der Waals surface area (Å²) in [6.45, 7) is -0.327. The Balaban J connectivity index is 1.49. The molecule has 26 heavy (non-hydrogen) atoms. The molecule has 1 aliphatic rings. The number of ether oxygens (including phenoxy) is 2. The molecule has 1 aliphatic carbocycles. The molecule has 0 unspecified atom stereocenters. The summed E-state index contributed by atoms with van der Waals surface area (Å²) in [4.78, 5) is 23.8. The van der Waals surface area contributed by atoms with Crippen molar-refractivity contribution in [2.45, 2.75) is 19.3 Å². The van der Waals surface area contributed by atoms with Crippen molar-refractivity contribution in [3.8, 4) is 5.75 Å². The second-order valence-electron chi connectivity index (χ2n) is 6.07. The highest BCUT2D eigenvalue weighted by atomic mass is 16.5. The van der Waals surface area contributed by atoms with Gasteiger partial charge in [0.25, 0.3) is 5.91 Å². The van der Waals surface area contributed by atoms with Gasteiger partial charge in [-0.05, 0) is 54.7 Å². The zero-order chi connectivity index (χ0) is 18.4. The minimum Gasteiger partial charge on any atom is -0.496 e. The van der Waals surface area contributed by atoms with Crippen molar-refractivity contribution in [1.82, 2.24) is 0 Å². The Kier molecular flexibility index (Phi) is 5.69. The second kappa shape index (κ2) is 8.34. The van der Waals surface area contributed by atoms with Crippen LogP contribution in [-0.2, 0) is 27.2 Å². The van der Waals surface area contributed by atoms with Gasteiger partial charge in [-0.2, -0.15) is 0 Å². The lowest BCUT2D eigenvalue weighted by atomic mass is 10.1. The van der Waals surface area contributed by atoms with Crippen molar-refractivity contribution in [3.63, 3.8) is 0 Å². The van der Waals surface area contributed by atoms with Gasteiger partial charge in [0.2, 0.25) is 0 Å². The molecule has 0 radical (unpaired) electrons. The van der Waals surface area contributed by atoms with Crippen molar-refractivity contribution in [2.24, 2.45) is 0 Å². The van der Waals surface area contributed by atoms with E-state index in [1.807, 2.05) is 36.4 Å². The molecule has 2 aromatic carbocycles. The molecule has 0 heterocycles. The molecule has 0 aromatic heterocycles. The number of esters is 1. The Bertz CT molecular complexity index is 842. The monoisotopic (exact) mass is 351 g/mol. The molecule has 0 saturated carbocycles. The number of hydrogen-bond acceptors (Lipinski definition) is 4. The number of fused-ring (bicyclic) bond motifs is 1. The maximum atomic E-state index is 12.0. The number of methoxy groups -OCH3 is 1. The number of nitrogens with one attached hydrogen (secondary N) is 1. The number of carbonyl (C=O) groups excluding carboxylic acids is 2. The minimum absolute atomic E-state index is 0.327. The first-order chi connectivity index (χ1) is 12.7. The Hall–Kier alpha value is -3.08. The summed E-state index contributed by atoms with van der Waals surface area (Å²) in [5, 5.41) is 2.76. The number of anilines is 1. The van der Waals surface area contributed by atoms with Crippen LogP contribution in [0.4, 0.5) is 5.69 Å². The SMILES string of the molecule is COc1ccccc1/C=C/C(=O)OCC(=O)Nc1ccc2c(c1)CCC2. The molecule has 0 fully saturated rings. The summed E-state index contributed by atoms with van der Waals surface area (Å²) in [7, 11) is 1.56. The first-order valence-corrected chi connectivity index (χ1v) is 8.55. The Morgan fingerprint density at radius 1 is 1.12 bits per heavy atom. The third kappa shape index (κ3) is 4.51. The van der Waals surface area contributed by atoms with E-state index in [-0.39, 0.29) is 12.5 Å². The van der Waals surface area contributed by atoms with Gasteiger partial charge in [0.15, 0.2) is 6.61 Å². The van der Waals surface area contributed by atoms with Crippen molar-refractivity contribution < 1.29 is 19.1 Å². The summed E-state index contributed by atoms with van der Waals surface area (Å²) < 4.78 is 10.2. The molecule has 1 amide bonds. The highest BCUT2D eigenvalue weighted by Gasteiger charge is 2.12. The summed E-state index contributed by atoms with van der Waals surface area (Å²) in [6.07, 6.45) is 6.17. The zero-order valence-electron chi connectivity index (χ0n) is 14.7. The smallest absolute Gasteiger partial charge is 0.331 e. The summed E-state index contributed by atoms with van der Waals surface area (Å²) in [5.74, 6) is -0.284. The first kappa shape index (κ1) is 17.7. The normalized spacial score (nSPS) is 12.7. The van der Waals surface area contributed by atoms with Crippen molar-refractivity contribution in [2.75, 3.05) is 19.0 Å².